The van der Waals surface area contributed by atoms with Crippen LogP contribution in [-0.4, -0.2) is 28.5 Å². The summed E-state index contributed by atoms with van der Waals surface area (Å²) in [7, 11) is 0. The van der Waals surface area contributed by atoms with Gasteiger partial charge in [-0.05, 0) is 17.5 Å². The van der Waals surface area contributed by atoms with Gasteiger partial charge in [-0.1, -0.05) is 24.3 Å². The quantitative estimate of drug-likeness (QED) is 0.944. The second-order valence-electron chi connectivity index (χ2n) is 5.23. The third-order valence-corrected chi connectivity index (χ3v) is 3.47. The van der Waals surface area contributed by atoms with E-state index in [1.165, 1.54) is 6.20 Å². The molecule has 8 heteroatoms. The second kappa shape index (κ2) is 6.04. The maximum Gasteiger partial charge on any atom is 0.408 e. The van der Waals surface area contributed by atoms with E-state index < -0.39 is 24.7 Å². The maximum absolute atomic E-state index is 12.3. The Labute approximate surface area is 130 Å². The number of hydrogen-bond acceptors (Lipinski definition) is 3. The van der Waals surface area contributed by atoms with Gasteiger partial charge in [-0.15, -0.1) is 0 Å². The number of benzene rings is 1. The van der Waals surface area contributed by atoms with E-state index in [0.717, 1.165) is 28.4 Å². The van der Waals surface area contributed by atoms with Gasteiger partial charge in [0.2, 0.25) is 0 Å². The van der Waals surface area contributed by atoms with E-state index in [2.05, 4.69) is 10.4 Å². The first-order chi connectivity index (χ1) is 10.9. The number of aromatic nitrogens is 2. The van der Waals surface area contributed by atoms with Gasteiger partial charge in [0.25, 0.3) is 5.91 Å². The molecule has 0 spiro atoms. The predicted molar refractivity (Wildman–Crippen MR) is 75.8 cm³/mol. The van der Waals surface area contributed by atoms with E-state index in [1.807, 2.05) is 24.3 Å². The lowest BCUT2D eigenvalue weighted by Crippen LogP contribution is -2.28. The van der Waals surface area contributed by atoms with Crippen LogP contribution in [0.25, 0.3) is 0 Å². The Bertz CT molecular complexity index is 712. The summed E-state index contributed by atoms with van der Waals surface area (Å²) in [5.41, 5.74) is 2.01. The minimum Gasteiger partial charge on any atom is -0.363 e. The smallest absolute Gasteiger partial charge is 0.363 e. The van der Waals surface area contributed by atoms with Crippen LogP contribution in [-0.2, 0) is 22.5 Å². The summed E-state index contributed by atoms with van der Waals surface area (Å²) in [6, 6.07) is 7.45. The van der Waals surface area contributed by atoms with E-state index in [9.17, 15) is 18.0 Å². The van der Waals surface area contributed by atoms with Crippen molar-refractivity contribution in [1.29, 1.82) is 0 Å². The summed E-state index contributed by atoms with van der Waals surface area (Å²) in [6.45, 7) is -0.784. The molecule has 2 aromatic rings. The molecule has 1 atom stereocenters. The molecule has 0 saturated heterocycles. The summed E-state index contributed by atoms with van der Waals surface area (Å²) in [5, 5.41) is 6.13. The van der Waals surface area contributed by atoms with Crippen LogP contribution >= 0.6 is 0 Å². The van der Waals surface area contributed by atoms with Crippen molar-refractivity contribution in [2.75, 3.05) is 11.9 Å². The topological polar surface area (TPSA) is 56.2 Å². The highest BCUT2D eigenvalue weighted by molar-refractivity contribution is 5.95. The molecule has 0 saturated carbocycles. The highest BCUT2D eigenvalue weighted by atomic mass is 19.4. The minimum absolute atomic E-state index is 0.200. The maximum atomic E-state index is 12.3. The molecule has 2 heterocycles. The van der Waals surface area contributed by atoms with Gasteiger partial charge < -0.3 is 10.1 Å². The minimum atomic E-state index is -4.36. The normalized spacial score (nSPS) is 17.6. The van der Waals surface area contributed by atoms with Gasteiger partial charge in [0, 0.05) is 6.20 Å². The summed E-state index contributed by atoms with van der Waals surface area (Å²) < 4.78 is 43.1. The Hall–Kier alpha value is -2.35. The summed E-state index contributed by atoms with van der Waals surface area (Å²) >= 11 is 0. The van der Waals surface area contributed by atoms with Gasteiger partial charge in [0.05, 0.1) is 18.5 Å². The first-order valence-electron chi connectivity index (χ1n) is 7.02. The predicted octanol–water partition coefficient (Wildman–Crippen LogP) is 2.70. The molecular weight excluding hydrogens is 311 g/mol. The van der Waals surface area contributed by atoms with Gasteiger partial charge in [0.1, 0.15) is 6.54 Å². The van der Waals surface area contributed by atoms with Crippen LogP contribution in [0.1, 0.15) is 17.2 Å². The molecule has 1 amide bonds. The number of nitrogens with zero attached hydrogens (tertiary/aromatic N) is 2. The number of carbonyl (C=O) groups is 1. The lowest BCUT2D eigenvalue weighted by Gasteiger charge is -2.24. The van der Waals surface area contributed by atoms with Crippen molar-refractivity contribution < 1.29 is 22.7 Å². The van der Waals surface area contributed by atoms with E-state index >= 15 is 0 Å². The molecule has 0 radical (unpaired) electrons. The van der Waals surface area contributed by atoms with Crippen LogP contribution < -0.4 is 5.32 Å². The number of ether oxygens (including phenoxy) is 1. The van der Waals surface area contributed by atoms with Crippen molar-refractivity contribution >= 4 is 11.6 Å². The first-order valence-corrected chi connectivity index (χ1v) is 7.02. The summed E-state index contributed by atoms with van der Waals surface area (Å²) in [5.74, 6) is -0.427. The molecule has 23 heavy (non-hydrogen) atoms. The average molecular weight is 325 g/mol. The molecular formula is C15H14F3N3O2. The van der Waals surface area contributed by atoms with Crippen LogP contribution in [0.2, 0.25) is 0 Å². The molecule has 1 aliphatic heterocycles. The van der Waals surface area contributed by atoms with Crippen molar-refractivity contribution in [3.63, 3.8) is 0 Å². The van der Waals surface area contributed by atoms with E-state index in [0.29, 0.717) is 6.61 Å². The third kappa shape index (κ3) is 3.70. The lowest BCUT2D eigenvalue weighted by molar-refractivity contribution is -0.142. The SMILES string of the molecule is O=C(Nc1cnn(CC(F)(F)F)c1)C1OCCc2ccccc21. The molecule has 122 valence electrons. The third-order valence-electron chi connectivity index (χ3n) is 3.47. The molecule has 0 bridgehead atoms. The number of nitrogens with one attached hydrogen (secondary N) is 1. The van der Waals surface area contributed by atoms with Crippen molar-refractivity contribution in [3.05, 3.63) is 47.8 Å². The largest absolute Gasteiger partial charge is 0.408 e. The second-order valence-corrected chi connectivity index (χ2v) is 5.23. The first kappa shape index (κ1) is 15.5. The Morgan fingerprint density at radius 2 is 2.17 bits per heavy atom. The Morgan fingerprint density at radius 1 is 1.39 bits per heavy atom. The average Bonchev–Trinajstić information content (AvgIpc) is 2.91. The van der Waals surface area contributed by atoms with Crippen LogP contribution in [0.15, 0.2) is 36.7 Å². The summed E-state index contributed by atoms with van der Waals surface area (Å²) in [6.07, 6.45) is -2.09. The van der Waals surface area contributed by atoms with Crippen LogP contribution in [0, 0.1) is 0 Å². The monoisotopic (exact) mass is 325 g/mol. The fourth-order valence-electron chi connectivity index (χ4n) is 2.52. The standard InChI is InChI=1S/C15H14F3N3O2/c16-15(17,18)9-21-8-11(7-19-21)20-14(22)13-12-4-2-1-3-10(12)5-6-23-13/h1-4,7-8,13H,5-6,9H2,(H,20,22). The van der Waals surface area contributed by atoms with Crippen molar-refractivity contribution in [3.8, 4) is 0 Å². The van der Waals surface area contributed by atoms with Crippen LogP contribution in [0.5, 0.6) is 0 Å². The zero-order valence-electron chi connectivity index (χ0n) is 12.0. The zero-order valence-corrected chi connectivity index (χ0v) is 12.0. The van der Waals surface area contributed by atoms with Crippen molar-refractivity contribution in [1.82, 2.24) is 9.78 Å². The van der Waals surface area contributed by atoms with Gasteiger partial charge >= 0.3 is 6.18 Å². The van der Waals surface area contributed by atoms with Crippen LogP contribution in [0.4, 0.5) is 18.9 Å². The molecule has 1 unspecified atom stereocenters. The highest BCUT2D eigenvalue weighted by Crippen LogP contribution is 2.28. The van der Waals surface area contributed by atoms with Crippen LogP contribution in [0.3, 0.4) is 0 Å². The summed E-state index contributed by atoms with van der Waals surface area (Å²) in [4.78, 5) is 12.3. The molecule has 5 nitrogen and oxygen atoms in total. The molecule has 1 aromatic carbocycles. The highest BCUT2D eigenvalue weighted by Gasteiger charge is 2.29. The lowest BCUT2D eigenvalue weighted by atomic mass is 9.97. The fraction of sp³-hybridized carbons (Fsp3) is 0.333. The molecule has 3 rings (SSSR count). The van der Waals surface area contributed by atoms with E-state index in [4.69, 9.17) is 4.74 Å². The Balaban J connectivity index is 1.71. The molecule has 0 aliphatic carbocycles. The van der Waals surface area contributed by atoms with Gasteiger partial charge in [-0.3, -0.25) is 9.48 Å². The van der Waals surface area contributed by atoms with Gasteiger partial charge in [-0.25, -0.2) is 0 Å². The van der Waals surface area contributed by atoms with E-state index in [-0.39, 0.29) is 5.69 Å². The number of carbonyl (C=O) groups excluding carboxylic acids is 1. The number of halogens is 3. The Morgan fingerprint density at radius 3 is 2.96 bits per heavy atom. The molecule has 1 aromatic heterocycles. The molecule has 1 aliphatic rings. The molecule has 1 N–H and O–H groups in total. The van der Waals surface area contributed by atoms with Crippen molar-refractivity contribution in [2.45, 2.75) is 25.2 Å². The molecule has 0 fully saturated rings. The fourth-order valence-corrected chi connectivity index (χ4v) is 2.52. The van der Waals surface area contributed by atoms with E-state index in [1.54, 1.807) is 0 Å². The van der Waals surface area contributed by atoms with Crippen molar-refractivity contribution in [2.24, 2.45) is 0 Å². The Kier molecular flexibility index (Phi) is 4.08. The number of alkyl halides is 3. The number of fused-ring (bicyclic) bond motifs is 1. The van der Waals surface area contributed by atoms with Gasteiger partial charge in [-0.2, -0.15) is 18.3 Å². The number of hydrogen-bond donors (Lipinski definition) is 1. The number of amides is 1. The zero-order chi connectivity index (χ0) is 16.4. The van der Waals surface area contributed by atoms with Gasteiger partial charge in [0.15, 0.2) is 6.10 Å². The number of rotatable bonds is 3. The number of anilines is 1.